The molecule has 0 radical (unpaired) electrons. The van der Waals surface area contributed by atoms with Gasteiger partial charge in [0.2, 0.25) is 5.91 Å². The van der Waals surface area contributed by atoms with Gasteiger partial charge in [-0.3, -0.25) is 4.79 Å². The van der Waals surface area contributed by atoms with Crippen LogP contribution in [0.2, 0.25) is 0 Å². The maximum Gasteiger partial charge on any atom is 0.238 e. The Morgan fingerprint density at radius 3 is 2.50 bits per heavy atom. The van der Waals surface area contributed by atoms with Crippen LogP contribution in [0.3, 0.4) is 0 Å². The summed E-state index contributed by atoms with van der Waals surface area (Å²) in [6.07, 6.45) is -0.196. The van der Waals surface area contributed by atoms with Crippen molar-refractivity contribution in [3.63, 3.8) is 0 Å². The van der Waals surface area contributed by atoms with Gasteiger partial charge >= 0.3 is 0 Å². The highest BCUT2D eigenvalue weighted by Gasteiger charge is 2.12. The van der Waals surface area contributed by atoms with Gasteiger partial charge in [-0.25, -0.2) is 8.78 Å². The standard InChI is InChI=1S/C13H18F2N2O3/c1-19-8-9(20-2)6-16-7-12(18)17-13-10(14)4-3-5-11(13)15/h3-5,9,16H,6-8H2,1-2H3,(H,17,18). The summed E-state index contributed by atoms with van der Waals surface area (Å²) in [4.78, 5) is 11.6. The van der Waals surface area contributed by atoms with Crippen molar-refractivity contribution in [2.45, 2.75) is 6.10 Å². The predicted molar refractivity (Wildman–Crippen MR) is 70.5 cm³/mol. The highest BCUT2D eigenvalue weighted by Crippen LogP contribution is 2.17. The minimum atomic E-state index is -0.812. The van der Waals surface area contributed by atoms with Gasteiger partial charge in [0.1, 0.15) is 17.3 Å². The summed E-state index contributed by atoms with van der Waals surface area (Å²) in [6.45, 7) is 0.682. The smallest absolute Gasteiger partial charge is 0.238 e. The van der Waals surface area contributed by atoms with E-state index in [0.717, 1.165) is 12.1 Å². The first-order chi connectivity index (χ1) is 9.58. The van der Waals surface area contributed by atoms with Crippen LogP contribution in [0.5, 0.6) is 0 Å². The van der Waals surface area contributed by atoms with Gasteiger partial charge in [0.15, 0.2) is 0 Å². The second-order valence-electron chi connectivity index (χ2n) is 4.09. The largest absolute Gasteiger partial charge is 0.382 e. The van der Waals surface area contributed by atoms with Crippen LogP contribution in [0, 0.1) is 11.6 Å². The molecule has 1 rings (SSSR count). The van der Waals surface area contributed by atoms with Crippen LogP contribution in [0.15, 0.2) is 18.2 Å². The molecule has 0 saturated carbocycles. The molecule has 0 heterocycles. The molecule has 1 amide bonds. The summed E-state index contributed by atoms with van der Waals surface area (Å²) in [5.74, 6) is -2.17. The number of halogens is 2. The number of rotatable bonds is 8. The van der Waals surface area contributed by atoms with E-state index in [4.69, 9.17) is 9.47 Å². The fourth-order valence-electron chi connectivity index (χ4n) is 1.54. The van der Waals surface area contributed by atoms with E-state index in [1.165, 1.54) is 13.2 Å². The van der Waals surface area contributed by atoms with Crippen molar-refractivity contribution in [3.05, 3.63) is 29.8 Å². The molecule has 1 aromatic rings. The number of nitrogens with one attached hydrogen (secondary N) is 2. The SMILES string of the molecule is COCC(CNCC(=O)Nc1c(F)cccc1F)OC. The molecule has 0 bridgehead atoms. The summed E-state index contributed by atoms with van der Waals surface area (Å²) >= 11 is 0. The molecule has 112 valence electrons. The first-order valence-electron chi connectivity index (χ1n) is 6.04. The zero-order chi connectivity index (χ0) is 15.0. The number of amides is 1. The number of ether oxygens (including phenoxy) is 2. The zero-order valence-corrected chi connectivity index (χ0v) is 11.4. The molecule has 0 aromatic heterocycles. The topological polar surface area (TPSA) is 59.6 Å². The van der Waals surface area contributed by atoms with Gasteiger partial charge in [-0.05, 0) is 12.1 Å². The minimum Gasteiger partial charge on any atom is -0.382 e. The molecule has 0 saturated heterocycles. The van der Waals surface area contributed by atoms with E-state index >= 15 is 0 Å². The van der Waals surface area contributed by atoms with E-state index in [0.29, 0.717) is 13.2 Å². The van der Waals surface area contributed by atoms with E-state index in [9.17, 15) is 13.6 Å². The molecule has 1 atom stereocenters. The normalized spacial score (nSPS) is 12.2. The Morgan fingerprint density at radius 2 is 1.95 bits per heavy atom. The Hall–Kier alpha value is -1.57. The lowest BCUT2D eigenvalue weighted by Gasteiger charge is -2.15. The zero-order valence-electron chi connectivity index (χ0n) is 11.4. The third kappa shape index (κ3) is 5.20. The summed E-state index contributed by atoms with van der Waals surface area (Å²) in [5, 5.41) is 5.00. The number of hydrogen-bond donors (Lipinski definition) is 2. The molecule has 1 aromatic carbocycles. The molecule has 0 spiro atoms. The lowest BCUT2D eigenvalue weighted by atomic mass is 10.3. The number of benzene rings is 1. The summed E-state index contributed by atoms with van der Waals surface area (Å²) in [6, 6.07) is 3.38. The summed E-state index contributed by atoms with van der Waals surface area (Å²) < 4.78 is 36.6. The molecule has 0 aliphatic carbocycles. The minimum absolute atomic E-state index is 0.0860. The molecule has 1 unspecified atom stereocenters. The molecule has 0 fully saturated rings. The average molecular weight is 288 g/mol. The number of carbonyl (C=O) groups is 1. The lowest BCUT2D eigenvalue weighted by molar-refractivity contribution is -0.115. The highest BCUT2D eigenvalue weighted by atomic mass is 19.1. The second-order valence-corrected chi connectivity index (χ2v) is 4.09. The molecule has 20 heavy (non-hydrogen) atoms. The van der Waals surface area contributed by atoms with Crippen molar-refractivity contribution in [2.24, 2.45) is 0 Å². The van der Waals surface area contributed by atoms with Crippen molar-refractivity contribution in [2.75, 3.05) is 39.2 Å². The van der Waals surface area contributed by atoms with E-state index in [1.807, 2.05) is 0 Å². The number of anilines is 1. The molecular weight excluding hydrogens is 270 g/mol. The van der Waals surface area contributed by atoms with Gasteiger partial charge in [-0.2, -0.15) is 0 Å². The van der Waals surface area contributed by atoms with Crippen molar-refractivity contribution in [1.82, 2.24) is 5.32 Å². The van der Waals surface area contributed by atoms with Gasteiger partial charge in [0, 0.05) is 20.8 Å². The third-order valence-corrected chi connectivity index (χ3v) is 2.57. The van der Waals surface area contributed by atoms with Gasteiger partial charge in [-0.15, -0.1) is 0 Å². The van der Waals surface area contributed by atoms with Crippen molar-refractivity contribution < 1.29 is 23.0 Å². The van der Waals surface area contributed by atoms with Crippen LogP contribution in [0.4, 0.5) is 14.5 Å². The maximum atomic E-state index is 13.3. The number of hydrogen-bond acceptors (Lipinski definition) is 4. The van der Waals surface area contributed by atoms with Crippen LogP contribution >= 0.6 is 0 Å². The first-order valence-corrected chi connectivity index (χ1v) is 6.04. The van der Waals surface area contributed by atoms with Crippen LogP contribution in [0.1, 0.15) is 0 Å². The van der Waals surface area contributed by atoms with Crippen LogP contribution in [-0.2, 0) is 14.3 Å². The van der Waals surface area contributed by atoms with E-state index in [1.54, 1.807) is 7.11 Å². The maximum absolute atomic E-state index is 13.3. The quantitative estimate of drug-likeness (QED) is 0.753. The van der Waals surface area contributed by atoms with Crippen LogP contribution in [-0.4, -0.2) is 45.9 Å². The molecule has 2 N–H and O–H groups in total. The second kappa shape index (κ2) is 8.57. The Balaban J connectivity index is 2.41. The van der Waals surface area contributed by atoms with E-state index < -0.39 is 23.2 Å². The molecule has 0 aliphatic rings. The molecule has 5 nitrogen and oxygen atoms in total. The number of methoxy groups -OCH3 is 2. The van der Waals surface area contributed by atoms with Gasteiger partial charge < -0.3 is 20.1 Å². The monoisotopic (exact) mass is 288 g/mol. The Kier molecular flexibility index (Phi) is 7.06. The van der Waals surface area contributed by atoms with E-state index in [-0.39, 0.29) is 12.6 Å². The lowest BCUT2D eigenvalue weighted by Crippen LogP contribution is -2.36. The molecule has 0 aliphatic heterocycles. The third-order valence-electron chi connectivity index (χ3n) is 2.57. The Morgan fingerprint density at radius 1 is 1.30 bits per heavy atom. The van der Waals surface area contributed by atoms with E-state index in [2.05, 4.69) is 10.6 Å². The highest BCUT2D eigenvalue weighted by molar-refractivity contribution is 5.92. The average Bonchev–Trinajstić information content (AvgIpc) is 2.42. The fraction of sp³-hybridized carbons (Fsp3) is 0.462. The van der Waals surface area contributed by atoms with Crippen molar-refractivity contribution >= 4 is 11.6 Å². The van der Waals surface area contributed by atoms with Gasteiger partial charge in [-0.1, -0.05) is 6.07 Å². The number of carbonyl (C=O) groups excluding carboxylic acids is 1. The summed E-state index contributed by atoms with van der Waals surface area (Å²) in [7, 11) is 3.07. The Bertz CT molecular complexity index is 423. The fourth-order valence-corrected chi connectivity index (χ4v) is 1.54. The Labute approximate surface area is 116 Å². The van der Waals surface area contributed by atoms with Crippen LogP contribution in [0.25, 0.3) is 0 Å². The van der Waals surface area contributed by atoms with Gasteiger partial charge in [0.25, 0.3) is 0 Å². The van der Waals surface area contributed by atoms with Gasteiger partial charge in [0.05, 0.1) is 19.3 Å². The molecular formula is C13H18F2N2O3. The summed E-state index contributed by atoms with van der Waals surface area (Å²) in [5.41, 5.74) is -0.445. The molecule has 7 heteroatoms. The first kappa shape index (κ1) is 16.5. The van der Waals surface area contributed by atoms with Crippen molar-refractivity contribution in [3.8, 4) is 0 Å². The van der Waals surface area contributed by atoms with Crippen molar-refractivity contribution in [1.29, 1.82) is 0 Å². The predicted octanol–water partition coefficient (Wildman–Crippen LogP) is 1.15. The number of para-hydroxylation sites is 1. The van der Waals surface area contributed by atoms with Crippen LogP contribution < -0.4 is 10.6 Å².